The fraction of sp³-hybridized carbons (Fsp3) is 0.458. The molecule has 1 atom stereocenters. The van der Waals surface area contributed by atoms with E-state index in [0.717, 1.165) is 28.4 Å². The Balaban J connectivity index is 1.73. The molecule has 3 rings (SSSR count). The van der Waals surface area contributed by atoms with E-state index in [9.17, 15) is 4.79 Å². The van der Waals surface area contributed by atoms with Crippen LogP contribution in [0.5, 0.6) is 17.2 Å². The minimum absolute atomic E-state index is 0.0375. The smallest absolute Gasteiger partial charge is 0.258 e. The standard InChI is InChI=1S/C24H31NO4/c1-23(2,3)18-9-7-8-10-21(18)28-15-22(26)25-19-14-24(4,5)29-20-12-11-16(27-6)13-17(19)20/h7-13,19H,14-15H2,1-6H3,(H,25,26). The second-order valence-electron chi connectivity index (χ2n) is 9.12. The highest BCUT2D eigenvalue weighted by Gasteiger charge is 2.35. The van der Waals surface area contributed by atoms with Crippen molar-refractivity contribution in [2.75, 3.05) is 13.7 Å². The van der Waals surface area contributed by atoms with E-state index in [1.807, 2.05) is 56.3 Å². The molecule has 156 valence electrons. The first kappa shape index (κ1) is 21.0. The number of carbonyl (C=O) groups is 1. The number of fused-ring (bicyclic) bond motifs is 1. The van der Waals surface area contributed by atoms with E-state index in [1.165, 1.54) is 0 Å². The third kappa shape index (κ3) is 5.03. The first-order valence-electron chi connectivity index (χ1n) is 9.98. The summed E-state index contributed by atoms with van der Waals surface area (Å²) in [5.41, 5.74) is 1.56. The molecule has 1 amide bonds. The molecular formula is C24H31NO4. The van der Waals surface area contributed by atoms with Crippen LogP contribution in [0.1, 0.15) is 58.2 Å². The zero-order valence-electron chi connectivity index (χ0n) is 18.2. The molecule has 0 radical (unpaired) electrons. The normalized spacial score (nSPS) is 17.7. The van der Waals surface area contributed by atoms with Gasteiger partial charge in [0, 0.05) is 12.0 Å². The number of carbonyl (C=O) groups excluding carboxylic acids is 1. The highest BCUT2D eigenvalue weighted by molar-refractivity contribution is 5.78. The van der Waals surface area contributed by atoms with E-state index in [2.05, 4.69) is 26.1 Å². The van der Waals surface area contributed by atoms with Crippen molar-refractivity contribution in [3.8, 4) is 17.2 Å². The van der Waals surface area contributed by atoms with Gasteiger partial charge in [-0.25, -0.2) is 0 Å². The van der Waals surface area contributed by atoms with Crippen LogP contribution in [0, 0.1) is 0 Å². The summed E-state index contributed by atoms with van der Waals surface area (Å²) in [5, 5.41) is 3.11. The number of para-hydroxylation sites is 1. The van der Waals surface area contributed by atoms with Crippen LogP contribution in [-0.4, -0.2) is 25.2 Å². The van der Waals surface area contributed by atoms with Crippen molar-refractivity contribution in [2.45, 2.75) is 58.1 Å². The van der Waals surface area contributed by atoms with E-state index in [0.29, 0.717) is 6.42 Å². The summed E-state index contributed by atoms with van der Waals surface area (Å²) in [6, 6.07) is 13.4. The van der Waals surface area contributed by atoms with Gasteiger partial charge in [-0.1, -0.05) is 39.0 Å². The third-order valence-corrected chi connectivity index (χ3v) is 5.06. The summed E-state index contributed by atoms with van der Waals surface area (Å²) in [5.74, 6) is 2.09. The van der Waals surface area contributed by atoms with Crippen LogP contribution in [0.3, 0.4) is 0 Å². The summed E-state index contributed by atoms with van der Waals surface area (Å²) in [4.78, 5) is 12.7. The van der Waals surface area contributed by atoms with E-state index >= 15 is 0 Å². The zero-order valence-corrected chi connectivity index (χ0v) is 18.2. The molecular weight excluding hydrogens is 366 g/mol. The second-order valence-corrected chi connectivity index (χ2v) is 9.12. The Morgan fingerprint density at radius 2 is 1.93 bits per heavy atom. The zero-order chi connectivity index (χ0) is 21.2. The van der Waals surface area contributed by atoms with E-state index in [1.54, 1.807) is 7.11 Å². The average Bonchev–Trinajstić information content (AvgIpc) is 2.65. The molecule has 1 aliphatic heterocycles. The molecule has 0 saturated carbocycles. The molecule has 2 aromatic rings. The lowest BCUT2D eigenvalue weighted by Crippen LogP contribution is -2.42. The number of benzene rings is 2. The Hall–Kier alpha value is -2.69. The number of hydrogen-bond acceptors (Lipinski definition) is 4. The Labute approximate surface area is 173 Å². The van der Waals surface area contributed by atoms with Crippen molar-refractivity contribution < 1.29 is 19.0 Å². The Bertz CT molecular complexity index is 883. The Morgan fingerprint density at radius 1 is 1.21 bits per heavy atom. The van der Waals surface area contributed by atoms with Crippen molar-refractivity contribution in [1.29, 1.82) is 0 Å². The van der Waals surface area contributed by atoms with Gasteiger partial charge in [0.15, 0.2) is 6.61 Å². The molecule has 2 aromatic carbocycles. The predicted octanol–water partition coefficient (Wildman–Crippen LogP) is 4.79. The molecule has 0 aromatic heterocycles. The molecule has 0 fully saturated rings. The van der Waals surface area contributed by atoms with Gasteiger partial charge in [0.1, 0.15) is 22.8 Å². The maximum Gasteiger partial charge on any atom is 0.258 e. The molecule has 1 aliphatic rings. The summed E-state index contributed by atoms with van der Waals surface area (Å²) in [6.45, 7) is 10.4. The van der Waals surface area contributed by atoms with Crippen LogP contribution in [0.4, 0.5) is 0 Å². The second kappa shape index (κ2) is 7.97. The highest BCUT2D eigenvalue weighted by Crippen LogP contribution is 2.41. The Morgan fingerprint density at radius 3 is 2.62 bits per heavy atom. The molecule has 5 heteroatoms. The van der Waals surface area contributed by atoms with Gasteiger partial charge in [0.05, 0.1) is 13.2 Å². The van der Waals surface area contributed by atoms with Crippen molar-refractivity contribution in [2.24, 2.45) is 0 Å². The summed E-state index contributed by atoms with van der Waals surface area (Å²) in [7, 11) is 1.63. The molecule has 1 N–H and O–H groups in total. The van der Waals surface area contributed by atoms with Gasteiger partial charge in [-0.2, -0.15) is 0 Å². The van der Waals surface area contributed by atoms with Gasteiger partial charge in [0.2, 0.25) is 0 Å². The summed E-state index contributed by atoms with van der Waals surface area (Å²) >= 11 is 0. The van der Waals surface area contributed by atoms with Gasteiger partial charge in [-0.15, -0.1) is 0 Å². The van der Waals surface area contributed by atoms with Crippen LogP contribution in [-0.2, 0) is 10.2 Å². The SMILES string of the molecule is COc1ccc2c(c1)C(NC(=O)COc1ccccc1C(C)(C)C)CC(C)(C)O2. The molecule has 5 nitrogen and oxygen atoms in total. The number of amides is 1. The van der Waals surface area contributed by atoms with Crippen molar-refractivity contribution >= 4 is 5.91 Å². The lowest BCUT2D eigenvalue weighted by Gasteiger charge is -2.38. The lowest BCUT2D eigenvalue weighted by atomic mass is 9.86. The van der Waals surface area contributed by atoms with E-state index < -0.39 is 0 Å². The highest BCUT2D eigenvalue weighted by atomic mass is 16.5. The number of rotatable bonds is 5. The number of methoxy groups -OCH3 is 1. The topological polar surface area (TPSA) is 56.8 Å². The number of hydrogen-bond donors (Lipinski definition) is 1. The summed E-state index contributed by atoms with van der Waals surface area (Å²) in [6.07, 6.45) is 0.664. The molecule has 1 heterocycles. The van der Waals surface area contributed by atoms with Gasteiger partial charge in [0.25, 0.3) is 5.91 Å². The maximum atomic E-state index is 12.7. The van der Waals surface area contributed by atoms with Crippen LogP contribution in [0.15, 0.2) is 42.5 Å². The fourth-order valence-corrected chi connectivity index (χ4v) is 3.68. The molecule has 0 bridgehead atoms. The van der Waals surface area contributed by atoms with Crippen LogP contribution in [0.2, 0.25) is 0 Å². The summed E-state index contributed by atoms with van der Waals surface area (Å²) < 4.78 is 17.3. The number of ether oxygens (including phenoxy) is 3. The van der Waals surface area contributed by atoms with Crippen LogP contribution < -0.4 is 19.5 Å². The number of nitrogens with one attached hydrogen (secondary N) is 1. The van der Waals surface area contributed by atoms with Gasteiger partial charge in [-0.05, 0) is 49.1 Å². The third-order valence-electron chi connectivity index (χ3n) is 5.06. The first-order chi connectivity index (χ1) is 13.6. The van der Waals surface area contributed by atoms with E-state index in [-0.39, 0.29) is 29.6 Å². The van der Waals surface area contributed by atoms with Gasteiger partial charge in [-0.3, -0.25) is 4.79 Å². The lowest BCUT2D eigenvalue weighted by molar-refractivity contribution is -0.124. The quantitative estimate of drug-likeness (QED) is 0.788. The van der Waals surface area contributed by atoms with E-state index in [4.69, 9.17) is 14.2 Å². The van der Waals surface area contributed by atoms with Crippen molar-refractivity contribution in [1.82, 2.24) is 5.32 Å². The largest absolute Gasteiger partial charge is 0.497 e. The Kier molecular flexibility index (Phi) is 5.78. The fourth-order valence-electron chi connectivity index (χ4n) is 3.68. The molecule has 1 unspecified atom stereocenters. The van der Waals surface area contributed by atoms with Crippen LogP contribution >= 0.6 is 0 Å². The molecule has 0 aliphatic carbocycles. The first-order valence-corrected chi connectivity index (χ1v) is 9.98. The van der Waals surface area contributed by atoms with Crippen LogP contribution in [0.25, 0.3) is 0 Å². The van der Waals surface area contributed by atoms with Crippen molar-refractivity contribution in [3.05, 3.63) is 53.6 Å². The van der Waals surface area contributed by atoms with Crippen molar-refractivity contribution in [3.63, 3.8) is 0 Å². The predicted molar refractivity (Wildman–Crippen MR) is 114 cm³/mol. The van der Waals surface area contributed by atoms with Gasteiger partial charge < -0.3 is 19.5 Å². The molecule has 29 heavy (non-hydrogen) atoms. The minimum atomic E-state index is -0.376. The minimum Gasteiger partial charge on any atom is -0.497 e. The monoisotopic (exact) mass is 397 g/mol. The maximum absolute atomic E-state index is 12.7. The van der Waals surface area contributed by atoms with Gasteiger partial charge >= 0.3 is 0 Å². The molecule has 0 saturated heterocycles. The molecule has 0 spiro atoms. The average molecular weight is 398 g/mol.